The van der Waals surface area contributed by atoms with Crippen LogP contribution in [0.3, 0.4) is 0 Å². The van der Waals surface area contributed by atoms with Crippen molar-refractivity contribution in [1.82, 2.24) is 14.9 Å². The lowest BCUT2D eigenvalue weighted by atomic mass is 9.95. The average molecular weight is 414 g/mol. The summed E-state index contributed by atoms with van der Waals surface area (Å²) in [6, 6.07) is 10.9. The summed E-state index contributed by atoms with van der Waals surface area (Å²) in [6.45, 7) is 1.33. The number of carbonyl (C=O) groups is 1. The number of nitrogens with one attached hydrogen (secondary N) is 1. The lowest BCUT2D eigenvalue weighted by molar-refractivity contribution is -0.131. The highest BCUT2D eigenvalue weighted by atomic mass is 35.5. The van der Waals surface area contributed by atoms with Crippen molar-refractivity contribution in [2.75, 3.05) is 13.1 Å². The Labute approximate surface area is 172 Å². The summed E-state index contributed by atoms with van der Waals surface area (Å²) in [6.07, 6.45) is 1.93. The molecule has 0 spiro atoms. The van der Waals surface area contributed by atoms with Gasteiger partial charge in [0.15, 0.2) is 0 Å². The second kappa shape index (κ2) is 8.29. The van der Waals surface area contributed by atoms with Crippen LogP contribution >= 0.6 is 22.9 Å². The number of thiophene rings is 1. The van der Waals surface area contributed by atoms with Crippen LogP contribution in [0.25, 0.3) is 11.3 Å². The second-order valence-corrected chi connectivity index (χ2v) is 8.21. The van der Waals surface area contributed by atoms with Crippen molar-refractivity contribution in [3.8, 4) is 11.3 Å². The van der Waals surface area contributed by atoms with Gasteiger partial charge in [0.05, 0.1) is 12.1 Å². The third-order valence-electron chi connectivity index (χ3n) is 5.06. The van der Waals surface area contributed by atoms with Gasteiger partial charge in [-0.3, -0.25) is 9.59 Å². The molecule has 0 saturated carbocycles. The normalized spacial score (nSPS) is 15.0. The first-order valence-electron chi connectivity index (χ1n) is 9.24. The molecule has 3 heterocycles. The molecule has 0 unspecified atom stereocenters. The molecule has 1 fully saturated rings. The van der Waals surface area contributed by atoms with Gasteiger partial charge in [-0.15, -0.1) is 0 Å². The van der Waals surface area contributed by atoms with Gasteiger partial charge >= 0.3 is 0 Å². The van der Waals surface area contributed by atoms with Crippen LogP contribution < -0.4 is 5.56 Å². The van der Waals surface area contributed by atoms with Gasteiger partial charge in [-0.2, -0.15) is 11.3 Å². The van der Waals surface area contributed by atoms with E-state index in [1.54, 1.807) is 17.4 Å². The molecule has 2 aromatic heterocycles. The molecule has 4 rings (SSSR count). The Morgan fingerprint density at radius 3 is 2.79 bits per heavy atom. The fourth-order valence-electron chi connectivity index (χ4n) is 3.56. The predicted octanol–water partition coefficient (Wildman–Crippen LogP) is 4.10. The maximum absolute atomic E-state index is 12.6. The number of likely N-dealkylation sites (tertiary alicyclic amines) is 1. The lowest BCUT2D eigenvalue weighted by Gasteiger charge is -2.31. The molecule has 0 atom stereocenters. The summed E-state index contributed by atoms with van der Waals surface area (Å²) in [5.41, 5.74) is 2.46. The number of nitrogens with zero attached hydrogens (tertiary/aromatic N) is 2. The Hall–Kier alpha value is -2.44. The third kappa shape index (κ3) is 4.34. The molecule has 1 saturated heterocycles. The van der Waals surface area contributed by atoms with Crippen molar-refractivity contribution in [1.29, 1.82) is 0 Å². The van der Waals surface area contributed by atoms with E-state index in [0.29, 0.717) is 30.2 Å². The van der Waals surface area contributed by atoms with Gasteiger partial charge in [0.2, 0.25) is 5.91 Å². The van der Waals surface area contributed by atoms with E-state index < -0.39 is 0 Å². The van der Waals surface area contributed by atoms with Gasteiger partial charge in [-0.1, -0.05) is 23.7 Å². The summed E-state index contributed by atoms with van der Waals surface area (Å²) in [5, 5.41) is 4.61. The minimum absolute atomic E-state index is 0.106. The van der Waals surface area contributed by atoms with E-state index in [2.05, 4.69) is 9.97 Å². The highest BCUT2D eigenvalue weighted by Gasteiger charge is 2.25. The van der Waals surface area contributed by atoms with E-state index in [-0.39, 0.29) is 17.4 Å². The Bertz CT molecular complexity index is 1020. The zero-order chi connectivity index (χ0) is 19.5. The summed E-state index contributed by atoms with van der Waals surface area (Å²) in [7, 11) is 0. The van der Waals surface area contributed by atoms with Crippen LogP contribution in [0.1, 0.15) is 30.1 Å². The maximum atomic E-state index is 12.6. The van der Waals surface area contributed by atoms with E-state index in [1.807, 2.05) is 39.9 Å². The molecule has 1 aliphatic heterocycles. The van der Waals surface area contributed by atoms with Gasteiger partial charge in [0.25, 0.3) is 5.56 Å². The summed E-state index contributed by atoms with van der Waals surface area (Å²) in [5.74, 6) is 0.978. The van der Waals surface area contributed by atoms with Crippen molar-refractivity contribution >= 4 is 28.8 Å². The Kier molecular flexibility index (Phi) is 5.59. The summed E-state index contributed by atoms with van der Waals surface area (Å²) in [4.78, 5) is 34.1. The number of carbonyl (C=O) groups excluding carboxylic acids is 1. The molecule has 7 heteroatoms. The number of H-pyrrole nitrogens is 1. The monoisotopic (exact) mass is 413 g/mol. The third-order valence-corrected chi connectivity index (χ3v) is 5.97. The fraction of sp³-hybridized carbons (Fsp3) is 0.286. The van der Waals surface area contributed by atoms with Gasteiger partial charge in [0.1, 0.15) is 5.82 Å². The van der Waals surface area contributed by atoms with Crippen molar-refractivity contribution in [3.05, 3.63) is 73.9 Å². The Morgan fingerprint density at radius 2 is 2.07 bits per heavy atom. The lowest BCUT2D eigenvalue weighted by Crippen LogP contribution is -2.39. The number of halogens is 1. The number of piperidine rings is 1. The fourth-order valence-corrected chi connectivity index (χ4v) is 4.43. The van der Waals surface area contributed by atoms with Crippen LogP contribution in [-0.2, 0) is 11.2 Å². The minimum atomic E-state index is -0.134. The smallest absolute Gasteiger partial charge is 0.251 e. The van der Waals surface area contributed by atoms with Crippen LogP contribution in [0.15, 0.2) is 52.0 Å². The molecule has 0 aliphatic carbocycles. The van der Waals surface area contributed by atoms with E-state index in [0.717, 1.165) is 29.8 Å². The molecule has 5 nitrogen and oxygen atoms in total. The van der Waals surface area contributed by atoms with Crippen LogP contribution in [0.4, 0.5) is 0 Å². The Morgan fingerprint density at radius 1 is 1.25 bits per heavy atom. The predicted molar refractivity (Wildman–Crippen MR) is 112 cm³/mol. The summed E-state index contributed by atoms with van der Waals surface area (Å²) >= 11 is 7.59. The molecular formula is C21H20ClN3O2S. The molecule has 1 amide bonds. The maximum Gasteiger partial charge on any atom is 0.251 e. The zero-order valence-electron chi connectivity index (χ0n) is 15.2. The molecular weight excluding hydrogens is 394 g/mol. The molecule has 144 valence electrons. The van der Waals surface area contributed by atoms with Crippen LogP contribution in [-0.4, -0.2) is 33.9 Å². The van der Waals surface area contributed by atoms with Crippen LogP contribution in [0.5, 0.6) is 0 Å². The Balaban J connectivity index is 1.41. The molecule has 0 bridgehead atoms. The van der Waals surface area contributed by atoms with Gasteiger partial charge in [-0.25, -0.2) is 4.98 Å². The number of aromatic amines is 1. The van der Waals surface area contributed by atoms with Gasteiger partial charge < -0.3 is 9.88 Å². The number of hydrogen-bond donors (Lipinski definition) is 1. The van der Waals surface area contributed by atoms with Crippen molar-refractivity contribution in [2.24, 2.45) is 0 Å². The molecule has 28 heavy (non-hydrogen) atoms. The standard InChI is InChI=1S/C21H20ClN3O2S/c22-17-3-1-2-14(10-17)11-20(27)25-7-4-15(5-8-25)21-23-18(12-19(26)24-21)16-6-9-28-13-16/h1-3,6,9-10,12-13,15H,4-5,7-8,11H2,(H,23,24,26). The summed E-state index contributed by atoms with van der Waals surface area (Å²) < 4.78 is 0. The molecule has 1 aromatic carbocycles. The number of aromatic nitrogens is 2. The van der Waals surface area contributed by atoms with Crippen molar-refractivity contribution < 1.29 is 4.79 Å². The number of benzene rings is 1. The van der Waals surface area contributed by atoms with E-state index in [9.17, 15) is 9.59 Å². The second-order valence-electron chi connectivity index (χ2n) is 6.99. The number of hydrogen-bond acceptors (Lipinski definition) is 4. The van der Waals surface area contributed by atoms with E-state index >= 15 is 0 Å². The minimum Gasteiger partial charge on any atom is -0.342 e. The largest absolute Gasteiger partial charge is 0.342 e. The highest BCUT2D eigenvalue weighted by Crippen LogP contribution is 2.27. The average Bonchev–Trinajstić information content (AvgIpc) is 3.22. The number of rotatable bonds is 4. The zero-order valence-corrected chi connectivity index (χ0v) is 16.8. The van der Waals surface area contributed by atoms with Gasteiger partial charge in [0, 0.05) is 41.0 Å². The van der Waals surface area contributed by atoms with Crippen LogP contribution in [0.2, 0.25) is 5.02 Å². The van der Waals surface area contributed by atoms with Crippen molar-refractivity contribution in [3.63, 3.8) is 0 Å². The first kappa shape index (κ1) is 18.9. The van der Waals surface area contributed by atoms with Crippen LogP contribution in [0, 0.1) is 0 Å². The van der Waals surface area contributed by atoms with Gasteiger partial charge in [-0.05, 0) is 42.0 Å². The first-order valence-corrected chi connectivity index (χ1v) is 10.6. The van der Waals surface area contributed by atoms with E-state index in [1.165, 1.54) is 6.07 Å². The highest BCUT2D eigenvalue weighted by molar-refractivity contribution is 7.08. The van der Waals surface area contributed by atoms with Crippen molar-refractivity contribution in [2.45, 2.75) is 25.2 Å². The quantitative estimate of drug-likeness (QED) is 0.700. The SMILES string of the molecule is O=C(Cc1cccc(Cl)c1)N1CCC(c2nc(-c3ccsc3)cc(=O)[nH]2)CC1. The molecule has 3 aromatic rings. The molecule has 1 N–H and O–H groups in total. The van der Waals surface area contributed by atoms with E-state index in [4.69, 9.17) is 11.6 Å². The number of amides is 1. The molecule has 0 radical (unpaired) electrons. The first-order chi connectivity index (χ1) is 13.6. The topological polar surface area (TPSA) is 66.1 Å². The molecule has 1 aliphatic rings.